The number of carboxylic acid groups (broad SMARTS) is 1. The molecule has 0 saturated heterocycles. The lowest BCUT2D eigenvalue weighted by Gasteiger charge is -1.99. The fraction of sp³-hybridized carbons (Fsp3) is 0.625. The van der Waals surface area contributed by atoms with E-state index < -0.39 is 11.8 Å². The molecular formula is C8H13NO4. The molecule has 0 spiro atoms. The van der Waals surface area contributed by atoms with Gasteiger partial charge >= 0.3 is 5.97 Å². The van der Waals surface area contributed by atoms with Crippen LogP contribution in [0.5, 0.6) is 0 Å². The van der Waals surface area contributed by atoms with Crippen molar-refractivity contribution in [3.05, 3.63) is 0 Å². The third-order valence-electron chi connectivity index (χ3n) is 1.44. The second-order valence-corrected chi connectivity index (χ2v) is 2.67. The summed E-state index contributed by atoms with van der Waals surface area (Å²) >= 11 is 0. The van der Waals surface area contributed by atoms with Crippen molar-refractivity contribution in [3.63, 3.8) is 0 Å². The molecule has 0 heterocycles. The maximum Gasteiger partial charge on any atom is 0.372 e. The van der Waals surface area contributed by atoms with E-state index in [1.807, 2.05) is 0 Å². The van der Waals surface area contributed by atoms with Gasteiger partial charge < -0.3 is 10.4 Å². The predicted molar refractivity (Wildman–Crippen MR) is 45.2 cm³/mol. The Morgan fingerprint density at radius 2 is 1.85 bits per heavy atom. The summed E-state index contributed by atoms with van der Waals surface area (Å²) < 4.78 is 0. The third-order valence-corrected chi connectivity index (χ3v) is 1.44. The Kier molecular flexibility index (Phi) is 5.50. The molecule has 0 radical (unpaired) electrons. The molecule has 0 rings (SSSR count). The van der Waals surface area contributed by atoms with Crippen molar-refractivity contribution in [2.75, 3.05) is 6.54 Å². The molecule has 0 aliphatic rings. The van der Waals surface area contributed by atoms with Gasteiger partial charge in [-0.05, 0) is 12.8 Å². The van der Waals surface area contributed by atoms with Gasteiger partial charge in [-0.3, -0.25) is 9.59 Å². The number of rotatable bonds is 6. The Bertz CT molecular complexity index is 212. The number of carbonyl (C=O) groups excluding carboxylic acids is 2. The van der Waals surface area contributed by atoms with Crippen LogP contribution in [0.4, 0.5) is 0 Å². The maximum absolute atomic E-state index is 10.6. The molecule has 13 heavy (non-hydrogen) atoms. The van der Waals surface area contributed by atoms with Gasteiger partial charge in [-0.2, -0.15) is 0 Å². The van der Waals surface area contributed by atoms with Crippen molar-refractivity contribution in [3.8, 4) is 0 Å². The fourth-order valence-electron chi connectivity index (χ4n) is 0.782. The van der Waals surface area contributed by atoms with Crippen LogP contribution in [0, 0.1) is 0 Å². The van der Waals surface area contributed by atoms with Crippen LogP contribution in [0.1, 0.15) is 26.2 Å². The summed E-state index contributed by atoms with van der Waals surface area (Å²) in [5, 5.41) is 10.8. The second kappa shape index (κ2) is 6.16. The van der Waals surface area contributed by atoms with Gasteiger partial charge in [0.1, 0.15) is 0 Å². The zero-order valence-electron chi connectivity index (χ0n) is 7.50. The van der Waals surface area contributed by atoms with Gasteiger partial charge in [0, 0.05) is 19.9 Å². The van der Waals surface area contributed by atoms with Crippen molar-refractivity contribution in [2.24, 2.45) is 0 Å². The molecule has 0 aromatic carbocycles. The van der Waals surface area contributed by atoms with Crippen LogP contribution < -0.4 is 5.32 Å². The highest BCUT2D eigenvalue weighted by Crippen LogP contribution is 1.95. The molecule has 0 fully saturated rings. The minimum absolute atomic E-state index is 0.0366. The summed E-state index contributed by atoms with van der Waals surface area (Å²) in [5.41, 5.74) is 0. The molecule has 0 aliphatic carbocycles. The van der Waals surface area contributed by atoms with E-state index in [1.165, 1.54) is 6.92 Å². The van der Waals surface area contributed by atoms with Crippen LogP contribution >= 0.6 is 0 Å². The number of hydrogen-bond donors (Lipinski definition) is 2. The van der Waals surface area contributed by atoms with E-state index in [0.717, 1.165) is 0 Å². The van der Waals surface area contributed by atoms with E-state index in [9.17, 15) is 14.4 Å². The predicted octanol–water partition coefficient (Wildman–Crippen LogP) is -0.0535. The number of amides is 1. The number of nitrogens with one attached hydrogen (secondary N) is 1. The van der Waals surface area contributed by atoms with E-state index in [1.54, 1.807) is 0 Å². The van der Waals surface area contributed by atoms with Crippen LogP contribution in [0.25, 0.3) is 0 Å². The summed E-state index contributed by atoms with van der Waals surface area (Å²) in [6.45, 7) is 1.89. The summed E-state index contributed by atoms with van der Waals surface area (Å²) in [6.07, 6.45) is 1.15. The Hall–Kier alpha value is -1.39. The molecule has 0 bridgehead atoms. The highest BCUT2D eigenvalue weighted by atomic mass is 16.4. The largest absolute Gasteiger partial charge is 0.476 e. The Balaban J connectivity index is 3.31. The van der Waals surface area contributed by atoms with Gasteiger partial charge in [-0.1, -0.05) is 0 Å². The molecule has 0 unspecified atom stereocenters. The number of carboxylic acids is 1. The highest BCUT2D eigenvalue weighted by molar-refractivity contribution is 6.32. The van der Waals surface area contributed by atoms with E-state index in [4.69, 9.17) is 5.11 Å². The molecule has 0 saturated carbocycles. The van der Waals surface area contributed by atoms with Crippen molar-refractivity contribution in [1.82, 2.24) is 5.32 Å². The molecule has 2 N–H and O–H groups in total. The zero-order chi connectivity index (χ0) is 10.3. The number of ketones is 1. The average molecular weight is 187 g/mol. The summed E-state index contributed by atoms with van der Waals surface area (Å²) in [6, 6.07) is 0. The number of carbonyl (C=O) groups is 3. The maximum atomic E-state index is 10.6. The normalized spacial score (nSPS) is 9.31. The standard InChI is InChI=1S/C8H13NO4/c1-6(10)9-5-3-2-4-7(11)8(12)13/h2-5H2,1H3,(H,9,10)(H,12,13). The molecule has 0 aromatic rings. The van der Waals surface area contributed by atoms with E-state index in [2.05, 4.69) is 5.32 Å². The first-order valence-electron chi connectivity index (χ1n) is 4.04. The van der Waals surface area contributed by atoms with Gasteiger partial charge in [-0.15, -0.1) is 0 Å². The zero-order valence-corrected chi connectivity index (χ0v) is 7.50. The fourth-order valence-corrected chi connectivity index (χ4v) is 0.782. The number of hydrogen-bond acceptors (Lipinski definition) is 3. The molecule has 1 amide bonds. The van der Waals surface area contributed by atoms with Gasteiger partial charge in [-0.25, -0.2) is 4.79 Å². The molecule has 0 aromatic heterocycles. The average Bonchev–Trinajstić information content (AvgIpc) is 2.02. The van der Waals surface area contributed by atoms with E-state index >= 15 is 0 Å². The summed E-state index contributed by atoms with van der Waals surface area (Å²) in [4.78, 5) is 31.0. The van der Waals surface area contributed by atoms with Gasteiger partial charge in [0.25, 0.3) is 0 Å². The lowest BCUT2D eigenvalue weighted by Crippen LogP contribution is -2.21. The van der Waals surface area contributed by atoms with Gasteiger partial charge in [0.15, 0.2) is 0 Å². The minimum Gasteiger partial charge on any atom is -0.476 e. The van der Waals surface area contributed by atoms with Crippen LogP contribution in [-0.4, -0.2) is 29.3 Å². The summed E-state index contributed by atoms with van der Waals surface area (Å²) in [5.74, 6) is -2.29. The molecular weight excluding hydrogens is 174 g/mol. The first-order valence-corrected chi connectivity index (χ1v) is 4.04. The molecule has 5 nitrogen and oxygen atoms in total. The van der Waals surface area contributed by atoms with Crippen LogP contribution in [0.3, 0.4) is 0 Å². The van der Waals surface area contributed by atoms with Crippen LogP contribution in [0.15, 0.2) is 0 Å². The van der Waals surface area contributed by atoms with Crippen molar-refractivity contribution < 1.29 is 19.5 Å². The van der Waals surface area contributed by atoms with Crippen molar-refractivity contribution in [1.29, 1.82) is 0 Å². The monoisotopic (exact) mass is 187 g/mol. The van der Waals surface area contributed by atoms with Crippen LogP contribution in [-0.2, 0) is 14.4 Å². The van der Waals surface area contributed by atoms with Crippen molar-refractivity contribution >= 4 is 17.7 Å². The van der Waals surface area contributed by atoms with Gasteiger partial charge in [0.2, 0.25) is 11.7 Å². The smallest absolute Gasteiger partial charge is 0.372 e. The SMILES string of the molecule is CC(=O)NCCCCC(=O)C(=O)O. The Morgan fingerprint density at radius 3 is 2.31 bits per heavy atom. The third kappa shape index (κ3) is 6.99. The lowest BCUT2D eigenvalue weighted by molar-refractivity contribution is -0.149. The topological polar surface area (TPSA) is 83.5 Å². The van der Waals surface area contributed by atoms with E-state index in [-0.39, 0.29) is 12.3 Å². The second-order valence-electron chi connectivity index (χ2n) is 2.67. The number of aliphatic carboxylic acids is 1. The number of Topliss-reactive ketones (excluding diaryl/α,β-unsaturated/α-hetero) is 1. The Labute approximate surface area is 76.1 Å². The molecule has 0 atom stereocenters. The quantitative estimate of drug-likeness (QED) is 0.451. The van der Waals surface area contributed by atoms with E-state index in [0.29, 0.717) is 19.4 Å². The first-order chi connectivity index (χ1) is 6.04. The molecule has 74 valence electrons. The summed E-state index contributed by atoms with van der Waals surface area (Å²) in [7, 11) is 0. The lowest BCUT2D eigenvalue weighted by atomic mass is 10.2. The van der Waals surface area contributed by atoms with Gasteiger partial charge in [0.05, 0.1) is 0 Å². The highest BCUT2D eigenvalue weighted by Gasteiger charge is 2.09. The Morgan fingerprint density at radius 1 is 1.23 bits per heavy atom. The molecule has 5 heteroatoms. The number of unbranched alkanes of at least 4 members (excludes halogenated alkanes) is 1. The molecule has 0 aliphatic heterocycles. The first kappa shape index (κ1) is 11.6. The minimum atomic E-state index is -1.39. The van der Waals surface area contributed by atoms with Crippen molar-refractivity contribution in [2.45, 2.75) is 26.2 Å². The van der Waals surface area contributed by atoms with Crippen LogP contribution in [0.2, 0.25) is 0 Å².